The van der Waals surface area contributed by atoms with Crippen LogP contribution in [0.15, 0.2) is 0 Å². The number of amides is 2. The van der Waals surface area contributed by atoms with Crippen LogP contribution < -0.4 is 16.4 Å². The average Bonchev–Trinajstić information content (AvgIpc) is 2.68. The van der Waals surface area contributed by atoms with Gasteiger partial charge in [0.25, 0.3) is 0 Å². The molecular formula is C12H25N3O. The van der Waals surface area contributed by atoms with Gasteiger partial charge in [0, 0.05) is 12.6 Å². The fourth-order valence-electron chi connectivity index (χ4n) is 2.11. The van der Waals surface area contributed by atoms with E-state index in [1.54, 1.807) is 0 Å². The lowest BCUT2D eigenvalue weighted by Crippen LogP contribution is -2.44. The standard InChI is InChI=1S/C12H25N3O/c1-12(2,7-8-13)9-14-11(16)15-10-5-3-4-6-10/h10H,3-9,13H2,1-2H3,(H2,14,15,16). The van der Waals surface area contributed by atoms with Gasteiger partial charge in [0.1, 0.15) is 0 Å². The van der Waals surface area contributed by atoms with E-state index in [-0.39, 0.29) is 11.4 Å². The van der Waals surface area contributed by atoms with Gasteiger partial charge in [0.15, 0.2) is 0 Å². The van der Waals surface area contributed by atoms with Crippen LogP contribution in [-0.4, -0.2) is 25.2 Å². The summed E-state index contributed by atoms with van der Waals surface area (Å²) >= 11 is 0. The molecule has 2 amide bonds. The summed E-state index contributed by atoms with van der Waals surface area (Å²) in [4.78, 5) is 11.6. The van der Waals surface area contributed by atoms with E-state index >= 15 is 0 Å². The van der Waals surface area contributed by atoms with Crippen LogP contribution in [0.1, 0.15) is 46.0 Å². The summed E-state index contributed by atoms with van der Waals surface area (Å²) in [5.41, 5.74) is 5.61. The molecule has 4 N–H and O–H groups in total. The first kappa shape index (κ1) is 13.3. The Hall–Kier alpha value is -0.770. The van der Waals surface area contributed by atoms with E-state index in [1.165, 1.54) is 12.8 Å². The van der Waals surface area contributed by atoms with Crippen molar-refractivity contribution in [2.45, 2.75) is 52.0 Å². The second-order valence-electron chi connectivity index (χ2n) is 5.51. The first-order valence-electron chi connectivity index (χ1n) is 6.28. The van der Waals surface area contributed by atoms with E-state index in [4.69, 9.17) is 5.73 Å². The van der Waals surface area contributed by atoms with Crippen LogP contribution in [0.2, 0.25) is 0 Å². The van der Waals surface area contributed by atoms with Crippen LogP contribution in [0.4, 0.5) is 4.79 Å². The zero-order valence-electron chi connectivity index (χ0n) is 10.5. The molecule has 0 spiro atoms. The third kappa shape index (κ3) is 4.84. The molecule has 0 bridgehead atoms. The number of urea groups is 1. The van der Waals surface area contributed by atoms with Gasteiger partial charge in [0.2, 0.25) is 0 Å². The highest BCUT2D eigenvalue weighted by Crippen LogP contribution is 2.18. The summed E-state index contributed by atoms with van der Waals surface area (Å²) in [5.74, 6) is 0. The Morgan fingerprint density at radius 3 is 2.56 bits per heavy atom. The molecule has 1 rings (SSSR count). The van der Waals surface area contributed by atoms with Crippen molar-refractivity contribution in [2.24, 2.45) is 11.1 Å². The SMILES string of the molecule is CC(C)(CCN)CNC(=O)NC1CCCC1. The van der Waals surface area contributed by atoms with Crippen LogP contribution in [-0.2, 0) is 0 Å². The third-order valence-electron chi connectivity index (χ3n) is 3.24. The molecule has 1 fully saturated rings. The van der Waals surface area contributed by atoms with Gasteiger partial charge in [-0.1, -0.05) is 26.7 Å². The van der Waals surface area contributed by atoms with Crippen molar-refractivity contribution in [1.29, 1.82) is 0 Å². The zero-order valence-corrected chi connectivity index (χ0v) is 10.5. The van der Waals surface area contributed by atoms with Gasteiger partial charge in [-0.05, 0) is 31.2 Å². The van der Waals surface area contributed by atoms with Gasteiger partial charge in [0.05, 0.1) is 0 Å². The summed E-state index contributed by atoms with van der Waals surface area (Å²) in [5, 5.41) is 5.94. The van der Waals surface area contributed by atoms with Crippen LogP contribution in [0.5, 0.6) is 0 Å². The molecule has 94 valence electrons. The molecule has 1 aliphatic carbocycles. The molecule has 1 saturated carbocycles. The van der Waals surface area contributed by atoms with Gasteiger partial charge < -0.3 is 16.4 Å². The van der Waals surface area contributed by atoms with Crippen LogP contribution in [0.3, 0.4) is 0 Å². The topological polar surface area (TPSA) is 67.1 Å². The molecule has 0 radical (unpaired) electrons. The number of nitrogens with two attached hydrogens (primary N) is 1. The molecule has 0 heterocycles. The van der Waals surface area contributed by atoms with E-state index in [0.717, 1.165) is 19.3 Å². The fourth-order valence-corrected chi connectivity index (χ4v) is 2.11. The summed E-state index contributed by atoms with van der Waals surface area (Å²) in [6, 6.07) is 0.356. The van der Waals surface area contributed by atoms with Gasteiger partial charge in [-0.25, -0.2) is 4.79 Å². The monoisotopic (exact) mass is 227 g/mol. The van der Waals surface area contributed by atoms with Gasteiger partial charge in [-0.2, -0.15) is 0 Å². The lowest BCUT2D eigenvalue weighted by molar-refractivity contribution is 0.228. The molecule has 1 aliphatic rings. The van der Waals surface area contributed by atoms with Crippen LogP contribution in [0.25, 0.3) is 0 Å². The molecular weight excluding hydrogens is 202 g/mol. The Kier molecular flexibility index (Phi) is 5.06. The van der Waals surface area contributed by atoms with Crippen molar-refractivity contribution < 1.29 is 4.79 Å². The molecule has 0 atom stereocenters. The average molecular weight is 227 g/mol. The zero-order chi connectivity index (χ0) is 12.0. The minimum Gasteiger partial charge on any atom is -0.338 e. The number of nitrogens with one attached hydrogen (secondary N) is 2. The molecule has 0 aromatic carbocycles. The molecule has 0 unspecified atom stereocenters. The third-order valence-corrected chi connectivity index (χ3v) is 3.24. The van der Waals surface area contributed by atoms with Gasteiger partial charge in [-0.3, -0.25) is 0 Å². The molecule has 0 saturated heterocycles. The normalized spacial score (nSPS) is 17.4. The maximum Gasteiger partial charge on any atom is 0.315 e. The smallest absolute Gasteiger partial charge is 0.315 e. The Labute approximate surface area is 98.3 Å². The molecule has 4 nitrogen and oxygen atoms in total. The number of rotatable bonds is 5. The first-order valence-corrected chi connectivity index (χ1v) is 6.28. The van der Waals surface area contributed by atoms with Crippen LogP contribution >= 0.6 is 0 Å². The second kappa shape index (κ2) is 6.09. The highest BCUT2D eigenvalue weighted by molar-refractivity contribution is 5.74. The van der Waals surface area contributed by atoms with Gasteiger partial charge in [-0.15, -0.1) is 0 Å². The Balaban J connectivity index is 2.18. The predicted molar refractivity (Wildman–Crippen MR) is 66.2 cm³/mol. The second-order valence-corrected chi connectivity index (χ2v) is 5.51. The van der Waals surface area contributed by atoms with E-state index in [9.17, 15) is 4.79 Å². The van der Waals surface area contributed by atoms with Crippen molar-refractivity contribution in [1.82, 2.24) is 10.6 Å². The summed E-state index contributed by atoms with van der Waals surface area (Å²) in [6.07, 6.45) is 5.66. The van der Waals surface area contributed by atoms with Crippen molar-refractivity contribution in [3.63, 3.8) is 0 Å². The Morgan fingerprint density at radius 1 is 1.38 bits per heavy atom. The molecule has 0 aliphatic heterocycles. The minimum atomic E-state index is -0.0306. The number of carbonyl (C=O) groups excluding carboxylic acids is 1. The van der Waals surface area contributed by atoms with E-state index in [1.807, 2.05) is 0 Å². The molecule has 0 aromatic rings. The van der Waals surface area contributed by atoms with E-state index in [2.05, 4.69) is 24.5 Å². The summed E-state index contributed by atoms with van der Waals surface area (Å²) in [6.45, 7) is 5.59. The summed E-state index contributed by atoms with van der Waals surface area (Å²) < 4.78 is 0. The maximum atomic E-state index is 11.6. The lowest BCUT2D eigenvalue weighted by Gasteiger charge is -2.24. The van der Waals surface area contributed by atoms with E-state index < -0.39 is 0 Å². The quantitative estimate of drug-likeness (QED) is 0.668. The summed E-state index contributed by atoms with van der Waals surface area (Å²) in [7, 11) is 0. The first-order chi connectivity index (χ1) is 7.53. The maximum absolute atomic E-state index is 11.6. The van der Waals surface area contributed by atoms with Gasteiger partial charge >= 0.3 is 6.03 Å². The van der Waals surface area contributed by atoms with Crippen molar-refractivity contribution in [3.05, 3.63) is 0 Å². The predicted octanol–water partition coefficient (Wildman–Crippen LogP) is 1.60. The van der Waals surface area contributed by atoms with E-state index in [0.29, 0.717) is 19.1 Å². The molecule has 0 aromatic heterocycles. The highest BCUT2D eigenvalue weighted by Gasteiger charge is 2.20. The molecule has 4 heteroatoms. The highest BCUT2D eigenvalue weighted by atomic mass is 16.2. The van der Waals surface area contributed by atoms with Crippen molar-refractivity contribution in [2.75, 3.05) is 13.1 Å². The van der Waals surface area contributed by atoms with Crippen molar-refractivity contribution >= 4 is 6.03 Å². The number of hydrogen-bond acceptors (Lipinski definition) is 2. The minimum absolute atomic E-state index is 0.0306. The fraction of sp³-hybridized carbons (Fsp3) is 0.917. The lowest BCUT2D eigenvalue weighted by atomic mass is 9.89. The Morgan fingerprint density at radius 2 is 2.00 bits per heavy atom. The number of hydrogen-bond donors (Lipinski definition) is 3. The van der Waals surface area contributed by atoms with Crippen LogP contribution in [0, 0.1) is 5.41 Å². The number of carbonyl (C=O) groups is 1. The molecule has 16 heavy (non-hydrogen) atoms. The largest absolute Gasteiger partial charge is 0.338 e. The Bertz CT molecular complexity index is 222. The van der Waals surface area contributed by atoms with Crippen molar-refractivity contribution in [3.8, 4) is 0 Å².